The summed E-state index contributed by atoms with van der Waals surface area (Å²) in [6.45, 7) is 3.69. The Balaban J connectivity index is 1.29. The van der Waals surface area contributed by atoms with Gasteiger partial charge in [0.05, 0.1) is 5.75 Å². The molecule has 5 nitrogen and oxygen atoms in total. The molecule has 1 atom stereocenters. The minimum atomic E-state index is 0.172. The maximum atomic E-state index is 13.1. The normalized spacial score (nSPS) is 14.4. The van der Waals surface area contributed by atoms with Crippen LogP contribution in [0.4, 0.5) is 5.13 Å². The number of anilines is 1. The quantitative estimate of drug-likeness (QED) is 0.402. The van der Waals surface area contributed by atoms with Crippen LogP contribution >= 0.6 is 34.4 Å². The summed E-state index contributed by atoms with van der Waals surface area (Å²) in [5.41, 5.74) is 1.18. The molecule has 3 aromatic rings. The van der Waals surface area contributed by atoms with E-state index >= 15 is 0 Å². The lowest BCUT2D eigenvalue weighted by Crippen LogP contribution is -2.40. The summed E-state index contributed by atoms with van der Waals surface area (Å²) < 4.78 is 0.834. The van der Waals surface area contributed by atoms with Crippen molar-refractivity contribution in [2.75, 3.05) is 17.6 Å². The SMILES string of the molecule is CC(C1CC1)N(Cc1ccccc1)C(=O)CSc1nnc(NCCc2cccs2)s1. The zero-order valence-corrected chi connectivity index (χ0v) is 19.4. The van der Waals surface area contributed by atoms with Crippen LogP contribution in [0.2, 0.25) is 0 Å². The van der Waals surface area contributed by atoms with Crippen molar-refractivity contribution in [2.24, 2.45) is 5.92 Å². The molecule has 1 amide bonds. The largest absolute Gasteiger partial charge is 0.360 e. The number of nitrogens with one attached hydrogen (secondary N) is 1. The fourth-order valence-electron chi connectivity index (χ4n) is 3.37. The van der Waals surface area contributed by atoms with E-state index in [0.29, 0.717) is 18.2 Å². The average Bonchev–Trinajstić information content (AvgIpc) is 3.30. The van der Waals surface area contributed by atoms with Gasteiger partial charge in [0.25, 0.3) is 0 Å². The molecule has 4 rings (SSSR count). The first-order valence-corrected chi connectivity index (χ1v) is 12.9. The van der Waals surface area contributed by atoms with Gasteiger partial charge in [-0.25, -0.2) is 0 Å². The molecule has 0 saturated heterocycles. The van der Waals surface area contributed by atoms with Crippen molar-refractivity contribution in [1.82, 2.24) is 15.1 Å². The lowest BCUT2D eigenvalue weighted by molar-refractivity contribution is -0.131. The van der Waals surface area contributed by atoms with Crippen molar-refractivity contribution >= 4 is 45.5 Å². The zero-order valence-electron chi connectivity index (χ0n) is 17.0. The predicted molar refractivity (Wildman–Crippen MR) is 126 cm³/mol. The van der Waals surface area contributed by atoms with E-state index in [1.807, 2.05) is 23.1 Å². The first kappa shape index (κ1) is 21.3. The number of hydrogen-bond acceptors (Lipinski definition) is 7. The van der Waals surface area contributed by atoms with Crippen molar-refractivity contribution < 1.29 is 4.79 Å². The molecule has 1 saturated carbocycles. The fourth-order valence-corrected chi connectivity index (χ4v) is 5.74. The van der Waals surface area contributed by atoms with E-state index in [9.17, 15) is 4.79 Å². The highest BCUT2D eigenvalue weighted by Gasteiger charge is 2.34. The summed E-state index contributed by atoms with van der Waals surface area (Å²) in [6, 6.07) is 14.7. The van der Waals surface area contributed by atoms with Gasteiger partial charge in [0.2, 0.25) is 11.0 Å². The molecule has 8 heteroatoms. The Kier molecular flexibility index (Phi) is 7.41. The van der Waals surface area contributed by atoms with Crippen molar-refractivity contribution in [2.45, 2.75) is 43.1 Å². The first-order chi connectivity index (χ1) is 14.7. The van der Waals surface area contributed by atoms with Crippen LogP contribution in [-0.4, -0.2) is 39.3 Å². The Hall–Kier alpha value is -1.90. The van der Waals surface area contributed by atoms with Crippen molar-refractivity contribution in [3.63, 3.8) is 0 Å². The topological polar surface area (TPSA) is 58.1 Å². The molecule has 2 heterocycles. The van der Waals surface area contributed by atoms with Crippen LogP contribution in [0.3, 0.4) is 0 Å². The monoisotopic (exact) mass is 458 g/mol. The van der Waals surface area contributed by atoms with Crippen LogP contribution in [0.15, 0.2) is 52.2 Å². The molecule has 0 aliphatic heterocycles. The predicted octanol–water partition coefficient (Wildman–Crippen LogP) is 5.17. The van der Waals surface area contributed by atoms with E-state index in [-0.39, 0.29) is 11.9 Å². The third-order valence-electron chi connectivity index (χ3n) is 5.27. The van der Waals surface area contributed by atoms with E-state index in [2.05, 4.69) is 52.1 Å². The Morgan fingerprint density at radius 1 is 1.23 bits per heavy atom. The number of thioether (sulfide) groups is 1. The van der Waals surface area contributed by atoms with Gasteiger partial charge in [-0.05, 0) is 49.1 Å². The number of nitrogens with zero attached hydrogens (tertiary/aromatic N) is 3. The third kappa shape index (κ3) is 6.06. The van der Waals surface area contributed by atoms with Gasteiger partial charge in [-0.1, -0.05) is 59.5 Å². The minimum absolute atomic E-state index is 0.172. The van der Waals surface area contributed by atoms with Gasteiger partial charge in [0.15, 0.2) is 4.34 Å². The Morgan fingerprint density at radius 3 is 2.80 bits per heavy atom. The molecule has 0 bridgehead atoms. The average molecular weight is 459 g/mol. The van der Waals surface area contributed by atoms with Gasteiger partial charge in [0.1, 0.15) is 0 Å². The zero-order chi connectivity index (χ0) is 20.8. The number of rotatable bonds is 11. The van der Waals surface area contributed by atoms with Gasteiger partial charge in [-0.15, -0.1) is 21.5 Å². The number of thiophene rings is 1. The molecular weight excluding hydrogens is 432 g/mol. The first-order valence-electron chi connectivity index (χ1n) is 10.2. The van der Waals surface area contributed by atoms with Gasteiger partial charge in [-0.2, -0.15) is 0 Å². The van der Waals surface area contributed by atoms with Crippen molar-refractivity contribution in [3.05, 3.63) is 58.3 Å². The molecule has 2 aromatic heterocycles. The molecular formula is C22H26N4OS3. The maximum Gasteiger partial charge on any atom is 0.233 e. The van der Waals surface area contributed by atoms with Gasteiger partial charge in [0, 0.05) is 24.0 Å². The standard InChI is InChI=1S/C22H26N4OS3/c1-16(18-9-10-18)26(14-17-6-3-2-4-7-17)20(27)15-29-22-25-24-21(30-22)23-12-11-19-8-5-13-28-19/h2-8,13,16,18H,9-12,14-15H2,1H3,(H,23,24). The second kappa shape index (κ2) is 10.4. The second-order valence-electron chi connectivity index (χ2n) is 7.50. The molecule has 1 aliphatic carbocycles. The molecule has 1 aliphatic rings. The summed E-state index contributed by atoms with van der Waals surface area (Å²) >= 11 is 4.77. The molecule has 0 spiro atoms. The minimum Gasteiger partial charge on any atom is -0.360 e. The highest BCUT2D eigenvalue weighted by atomic mass is 32.2. The summed E-state index contributed by atoms with van der Waals surface area (Å²) in [6.07, 6.45) is 3.43. The lowest BCUT2D eigenvalue weighted by Gasteiger charge is -2.29. The maximum absolute atomic E-state index is 13.1. The Bertz CT molecular complexity index is 925. The third-order valence-corrected chi connectivity index (χ3v) is 8.20. The van der Waals surface area contributed by atoms with Gasteiger partial charge >= 0.3 is 0 Å². The molecule has 1 N–H and O–H groups in total. The van der Waals surface area contributed by atoms with Crippen LogP contribution < -0.4 is 5.32 Å². The highest BCUT2D eigenvalue weighted by molar-refractivity contribution is 8.01. The van der Waals surface area contributed by atoms with Gasteiger partial charge in [-0.3, -0.25) is 4.79 Å². The van der Waals surface area contributed by atoms with E-state index in [1.165, 1.54) is 46.4 Å². The highest BCUT2D eigenvalue weighted by Crippen LogP contribution is 2.36. The molecule has 1 unspecified atom stereocenters. The Morgan fingerprint density at radius 2 is 2.07 bits per heavy atom. The number of aromatic nitrogens is 2. The lowest BCUT2D eigenvalue weighted by atomic mass is 10.1. The van der Waals surface area contributed by atoms with Crippen molar-refractivity contribution in [3.8, 4) is 0 Å². The number of carbonyl (C=O) groups excluding carboxylic acids is 1. The summed E-state index contributed by atoms with van der Waals surface area (Å²) in [7, 11) is 0. The summed E-state index contributed by atoms with van der Waals surface area (Å²) in [5, 5.41) is 14.7. The number of amides is 1. The number of hydrogen-bond donors (Lipinski definition) is 1. The molecule has 0 radical (unpaired) electrons. The number of benzene rings is 1. The molecule has 1 aromatic carbocycles. The Labute approximate surface area is 189 Å². The molecule has 30 heavy (non-hydrogen) atoms. The van der Waals surface area contributed by atoms with Crippen molar-refractivity contribution in [1.29, 1.82) is 0 Å². The van der Waals surface area contributed by atoms with Crippen LogP contribution in [-0.2, 0) is 17.8 Å². The molecule has 158 valence electrons. The second-order valence-corrected chi connectivity index (χ2v) is 10.7. The van der Waals surface area contributed by atoms with Crippen LogP contribution in [0.25, 0.3) is 0 Å². The van der Waals surface area contributed by atoms with Crippen LogP contribution in [0.5, 0.6) is 0 Å². The van der Waals surface area contributed by atoms with Crippen LogP contribution in [0, 0.1) is 5.92 Å². The molecule has 1 fully saturated rings. The number of carbonyl (C=O) groups is 1. The van der Waals surface area contributed by atoms with E-state index in [0.717, 1.165) is 22.4 Å². The fraction of sp³-hybridized carbons (Fsp3) is 0.409. The smallest absolute Gasteiger partial charge is 0.233 e. The van der Waals surface area contributed by atoms with E-state index in [4.69, 9.17) is 0 Å². The summed E-state index contributed by atoms with van der Waals surface area (Å²) in [4.78, 5) is 16.5. The van der Waals surface area contributed by atoms with E-state index < -0.39 is 0 Å². The summed E-state index contributed by atoms with van der Waals surface area (Å²) in [5.74, 6) is 1.21. The van der Waals surface area contributed by atoms with Crippen LogP contribution in [0.1, 0.15) is 30.2 Å². The van der Waals surface area contributed by atoms with Gasteiger partial charge < -0.3 is 10.2 Å². The van der Waals surface area contributed by atoms with E-state index in [1.54, 1.807) is 11.3 Å².